The maximum absolute atomic E-state index is 11.7. The Bertz CT molecular complexity index is 775. The lowest BCUT2D eigenvalue weighted by molar-refractivity contribution is -0.636. The highest BCUT2D eigenvalue weighted by Crippen LogP contribution is 2.65. The topological polar surface area (TPSA) is 47.9 Å². The predicted molar refractivity (Wildman–Crippen MR) is 97.7 cm³/mol. The van der Waals surface area contributed by atoms with Crippen LogP contribution in [0.15, 0.2) is 29.3 Å². The van der Waals surface area contributed by atoms with Crippen molar-refractivity contribution in [2.45, 2.75) is 62.8 Å². The van der Waals surface area contributed by atoms with Crippen LogP contribution in [0.25, 0.3) is 0 Å². The first kappa shape index (κ1) is 17.1. The maximum atomic E-state index is 11.7. The molecule has 0 amide bonds. The Kier molecular flexibility index (Phi) is 3.91. The molecular weight excluding hydrogens is 352 g/mol. The number of aliphatic hydroxyl groups is 1. The Morgan fingerprint density at radius 2 is 2.00 bits per heavy atom. The Balaban J connectivity index is 1.61. The smallest absolute Gasteiger partial charge is 0.258 e. The van der Waals surface area contributed by atoms with Gasteiger partial charge in [-0.15, -0.1) is 0 Å². The number of hydrogen-bond acceptors (Lipinski definition) is 4. The average molecular weight is 377 g/mol. The van der Waals surface area contributed by atoms with Gasteiger partial charge in [0, 0.05) is 17.4 Å². The minimum atomic E-state index is -1.45. The van der Waals surface area contributed by atoms with Gasteiger partial charge in [-0.3, -0.25) is 0 Å². The molecule has 1 aromatic carbocycles. The number of benzene rings is 1. The monoisotopic (exact) mass is 376 g/mol. The highest BCUT2D eigenvalue weighted by molar-refractivity contribution is 6.32. The van der Waals surface area contributed by atoms with Gasteiger partial charge in [-0.2, -0.15) is 4.89 Å². The van der Waals surface area contributed by atoms with Gasteiger partial charge >= 0.3 is 0 Å². The Hall–Kier alpha value is -1.07. The third-order valence-corrected chi connectivity index (χ3v) is 7.40. The van der Waals surface area contributed by atoms with Crippen LogP contribution >= 0.6 is 11.6 Å². The van der Waals surface area contributed by atoms with Crippen LogP contribution in [0.3, 0.4) is 0 Å². The molecule has 140 valence electrons. The molecule has 2 bridgehead atoms. The molecule has 1 N–H and O–H groups in total. The number of hydrogen-bond donors (Lipinski definition) is 1. The van der Waals surface area contributed by atoms with Crippen molar-refractivity contribution < 1.29 is 19.6 Å². The van der Waals surface area contributed by atoms with E-state index in [0.717, 1.165) is 25.7 Å². The summed E-state index contributed by atoms with van der Waals surface area (Å²) in [6.07, 6.45) is 9.24. The summed E-state index contributed by atoms with van der Waals surface area (Å²) >= 11 is 6.19. The lowest BCUT2D eigenvalue weighted by Gasteiger charge is -2.64. The fraction of sp³-hybridized carbons (Fsp3) is 0.619. The van der Waals surface area contributed by atoms with Gasteiger partial charge in [0.15, 0.2) is 5.60 Å². The maximum Gasteiger partial charge on any atom is 0.258 e. The van der Waals surface area contributed by atoms with Crippen LogP contribution in [0, 0.1) is 11.8 Å². The summed E-state index contributed by atoms with van der Waals surface area (Å²) in [7, 11) is 1.58. The summed E-state index contributed by atoms with van der Waals surface area (Å²) in [5.41, 5.74) is 3.15. The van der Waals surface area contributed by atoms with Gasteiger partial charge in [-0.25, -0.2) is 4.89 Å². The van der Waals surface area contributed by atoms with Gasteiger partial charge in [0.25, 0.3) is 5.79 Å². The molecule has 4 atom stereocenters. The SMILES string of the molecule is COc1cc(C2(O)OOC23C2CCCC3C3=C(CCCC3)C2)ccc1Cl. The summed E-state index contributed by atoms with van der Waals surface area (Å²) in [4.78, 5) is 11.4. The van der Waals surface area contributed by atoms with E-state index in [4.69, 9.17) is 26.1 Å². The minimum absolute atomic E-state index is 0.241. The van der Waals surface area contributed by atoms with Crippen molar-refractivity contribution in [3.05, 3.63) is 39.9 Å². The molecule has 1 spiro atoms. The van der Waals surface area contributed by atoms with Crippen LogP contribution in [-0.4, -0.2) is 17.8 Å². The zero-order valence-corrected chi connectivity index (χ0v) is 15.8. The molecule has 0 aromatic heterocycles. The molecule has 3 aliphatic carbocycles. The molecule has 4 unspecified atom stereocenters. The molecular formula is C21H25ClO4. The van der Waals surface area contributed by atoms with Gasteiger partial charge in [0.1, 0.15) is 5.75 Å². The third kappa shape index (κ3) is 2.07. The van der Waals surface area contributed by atoms with Gasteiger partial charge in [-0.05, 0) is 57.1 Å². The molecule has 4 nitrogen and oxygen atoms in total. The van der Waals surface area contributed by atoms with E-state index >= 15 is 0 Å². The Morgan fingerprint density at radius 3 is 2.77 bits per heavy atom. The molecule has 1 aliphatic heterocycles. The van der Waals surface area contributed by atoms with Crippen molar-refractivity contribution in [2.75, 3.05) is 7.11 Å². The van der Waals surface area contributed by atoms with E-state index in [0.29, 0.717) is 22.3 Å². The predicted octanol–water partition coefficient (Wildman–Crippen LogP) is 4.88. The second-order valence-corrected chi connectivity index (χ2v) is 8.58. The van der Waals surface area contributed by atoms with Gasteiger partial charge in [0.2, 0.25) is 0 Å². The molecule has 2 fully saturated rings. The zero-order chi connectivity index (χ0) is 17.9. The number of halogens is 1. The van der Waals surface area contributed by atoms with Crippen molar-refractivity contribution in [3.8, 4) is 5.75 Å². The largest absolute Gasteiger partial charge is 0.495 e. The molecule has 5 heteroatoms. The summed E-state index contributed by atoms with van der Waals surface area (Å²) in [6, 6.07) is 5.37. The van der Waals surface area contributed by atoms with Crippen LogP contribution in [0.2, 0.25) is 5.02 Å². The van der Waals surface area contributed by atoms with Crippen LogP contribution in [0.1, 0.15) is 56.9 Å². The van der Waals surface area contributed by atoms with E-state index in [1.165, 1.54) is 31.3 Å². The molecule has 1 saturated carbocycles. The van der Waals surface area contributed by atoms with Crippen LogP contribution < -0.4 is 4.74 Å². The van der Waals surface area contributed by atoms with E-state index in [9.17, 15) is 5.11 Å². The standard InChI is InChI=1S/C21H25ClO4/c1-24-19-12-15(9-10-18(19)22)21(23)20(25-26-21)14-6-4-8-17(20)16-7-3-2-5-13(16)11-14/h9-10,12,14,17,23H,2-8,11H2,1H3. The van der Waals surface area contributed by atoms with Crippen molar-refractivity contribution >= 4 is 11.6 Å². The van der Waals surface area contributed by atoms with Gasteiger partial charge in [0.05, 0.1) is 12.1 Å². The molecule has 1 saturated heterocycles. The van der Waals surface area contributed by atoms with E-state index in [-0.39, 0.29) is 5.92 Å². The van der Waals surface area contributed by atoms with Crippen molar-refractivity contribution in [2.24, 2.45) is 11.8 Å². The van der Waals surface area contributed by atoms with Gasteiger partial charge in [-0.1, -0.05) is 35.2 Å². The number of allylic oxidation sites excluding steroid dienone is 1. The van der Waals surface area contributed by atoms with E-state index in [2.05, 4.69) is 0 Å². The minimum Gasteiger partial charge on any atom is -0.495 e. The second-order valence-electron chi connectivity index (χ2n) is 8.17. The highest BCUT2D eigenvalue weighted by atomic mass is 35.5. The molecule has 5 rings (SSSR count). The van der Waals surface area contributed by atoms with Crippen LogP contribution in [0.4, 0.5) is 0 Å². The first-order chi connectivity index (χ1) is 12.6. The summed E-state index contributed by atoms with van der Waals surface area (Å²) in [5.74, 6) is -0.373. The first-order valence-electron chi connectivity index (χ1n) is 9.74. The van der Waals surface area contributed by atoms with E-state index < -0.39 is 11.4 Å². The normalized spacial score (nSPS) is 38.7. The average Bonchev–Trinajstić information content (AvgIpc) is 2.66. The third-order valence-electron chi connectivity index (χ3n) is 7.08. The lowest BCUT2D eigenvalue weighted by Crippen LogP contribution is -2.74. The fourth-order valence-electron chi connectivity index (χ4n) is 5.91. The molecule has 1 heterocycles. The molecule has 4 aliphatic rings. The van der Waals surface area contributed by atoms with Crippen LogP contribution in [-0.2, 0) is 15.6 Å². The van der Waals surface area contributed by atoms with Crippen molar-refractivity contribution in [1.82, 2.24) is 0 Å². The highest BCUT2D eigenvalue weighted by Gasteiger charge is 2.74. The van der Waals surface area contributed by atoms with Crippen molar-refractivity contribution in [1.29, 1.82) is 0 Å². The Morgan fingerprint density at radius 1 is 1.15 bits per heavy atom. The van der Waals surface area contributed by atoms with Gasteiger partial charge < -0.3 is 9.84 Å². The molecule has 26 heavy (non-hydrogen) atoms. The molecule has 0 radical (unpaired) electrons. The second kappa shape index (κ2) is 5.96. The quantitative estimate of drug-likeness (QED) is 0.590. The van der Waals surface area contributed by atoms with Crippen molar-refractivity contribution in [3.63, 3.8) is 0 Å². The van der Waals surface area contributed by atoms with Crippen LogP contribution in [0.5, 0.6) is 5.75 Å². The summed E-state index contributed by atoms with van der Waals surface area (Å²) < 4.78 is 5.36. The molecule has 1 aromatic rings. The number of rotatable bonds is 2. The number of fused-ring (bicyclic) bond motifs is 1. The fourth-order valence-corrected chi connectivity index (χ4v) is 6.11. The number of methoxy groups -OCH3 is 1. The summed E-state index contributed by atoms with van der Waals surface area (Å²) in [6.45, 7) is 0. The lowest BCUT2D eigenvalue weighted by atomic mass is 9.53. The van der Waals surface area contributed by atoms with E-state index in [1.807, 2.05) is 6.07 Å². The zero-order valence-electron chi connectivity index (χ0n) is 15.1. The Labute approximate surface area is 159 Å². The number of ether oxygens (including phenoxy) is 1. The van der Waals surface area contributed by atoms with E-state index in [1.54, 1.807) is 24.8 Å². The summed E-state index contributed by atoms with van der Waals surface area (Å²) in [5, 5.41) is 12.2. The first-order valence-corrected chi connectivity index (χ1v) is 10.1.